The van der Waals surface area contributed by atoms with Crippen LogP contribution in [-0.4, -0.2) is 33.6 Å². The fourth-order valence-corrected chi connectivity index (χ4v) is 3.69. The van der Waals surface area contributed by atoms with E-state index in [-0.39, 0.29) is 11.5 Å². The number of benzene rings is 2. The van der Waals surface area contributed by atoms with Gasteiger partial charge < -0.3 is 5.11 Å². The molecule has 0 atom stereocenters. The topological polar surface area (TPSA) is 70.0 Å². The number of aliphatic imine (C=N–C) groups is 1. The monoisotopic (exact) mass is 366 g/mol. The van der Waals surface area contributed by atoms with Crippen molar-refractivity contribution in [1.82, 2.24) is 4.90 Å². The molecule has 5 nitrogen and oxygen atoms in total. The minimum Gasteiger partial charge on any atom is -0.478 e. The van der Waals surface area contributed by atoms with E-state index in [0.717, 1.165) is 11.1 Å². The average Bonchev–Trinajstić information content (AvgIpc) is 2.90. The average molecular weight is 366 g/mol. The maximum Gasteiger partial charge on any atom is 0.337 e. The van der Waals surface area contributed by atoms with E-state index >= 15 is 0 Å². The molecule has 26 heavy (non-hydrogen) atoms. The number of hydrogen-bond acceptors (Lipinski definition) is 4. The van der Waals surface area contributed by atoms with E-state index in [1.165, 1.54) is 17.8 Å². The first-order valence-corrected chi connectivity index (χ1v) is 9.00. The number of carboxylic acid groups (broad SMARTS) is 1. The van der Waals surface area contributed by atoms with Crippen molar-refractivity contribution in [2.24, 2.45) is 4.99 Å². The van der Waals surface area contributed by atoms with E-state index in [9.17, 15) is 14.7 Å². The molecule has 1 heterocycles. The number of rotatable bonds is 4. The van der Waals surface area contributed by atoms with Crippen LogP contribution in [-0.2, 0) is 4.79 Å². The molecule has 0 aliphatic carbocycles. The van der Waals surface area contributed by atoms with Crippen LogP contribution < -0.4 is 0 Å². The van der Waals surface area contributed by atoms with Crippen molar-refractivity contribution in [3.05, 3.63) is 70.1 Å². The molecular weight excluding hydrogens is 348 g/mol. The lowest BCUT2D eigenvalue weighted by Crippen LogP contribution is -2.28. The molecular formula is C20H18N2O3S. The molecule has 0 radical (unpaired) electrons. The highest BCUT2D eigenvalue weighted by Crippen LogP contribution is 2.34. The number of aryl methyl sites for hydroxylation is 1. The number of nitrogens with zero attached hydrogens (tertiary/aromatic N) is 2. The summed E-state index contributed by atoms with van der Waals surface area (Å²) < 4.78 is 0. The van der Waals surface area contributed by atoms with E-state index < -0.39 is 5.97 Å². The maximum atomic E-state index is 12.7. The first-order chi connectivity index (χ1) is 12.5. The van der Waals surface area contributed by atoms with Gasteiger partial charge in [0.15, 0.2) is 5.17 Å². The summed E-state index contributed by atoms with van der Waals surface area (Å²) in [6.45, 7) is 4.33. The Balaban J connectivity index is 1.99. The quantitative estimate of drug-likeness (QED) is 0.818. The van der Waals surface area contributed by atoms with Crippen LogP contribution in [0.3, 0.4) is 0 Å². The molecule has 0 unspecified atom stereocenters. The number of carbonyl (C=O) groups is 2. The first-order valence-electron chi connectivity index (χ1n) is 8.18. The molecule has 1 amide bonds. The summed E-state index contributed by atoms with van der Waals surface area (Å²) >= 11 is 1.26. The fraction of sp³-hybridized carbons (Fsp3) is 0.150. The van der Waals surface area contributed by atoms with E-state index in [4.69, 9.17) is 0 Å². The SMILES string of the molecule is CCN1C(=O)/C(=C/c2cccc(C)c2)SC1=Nc1ccccc1C(=O)O. The highest BCUT2D eigenvalue weighted by atomic mass is 32.2. The van der Waals surface area contributed by atoms with Crippen molar-refractivity contribution in [3.8, 4) is 0 Å². The number of aromatic carboxylic acids is 1. The summed E-state index contributed by atoms with van der Waals surface area (Å²) in [6, 6.07) is 14.4. The second-order valence-corrected chi connectivity index (χ2v) is 6.80. The maximum absolute atomic E-state index is 12.7. The minimum atomic E-state index is -1.04. The molecule has 2 aromatic carbocycles. The van der Waals surface area contributed by atoms with E-state index in [1.807, 2.05) is 44.2 Å². The van der Waals surface area contributed by atoms with Crippen molar-refractivity contribution >= 4 is 40.6 Å². The van der Waals surface area contributed by atoms with Crippen LogP contribution in [0.2, 0.25) is 0 Å². The van der Waals surface area contributed by atoms with Gasteiger partial charge in [-0.25, -0.2) is 9.79 Å². The van der Waals surface area contributed by atoms with Crippen LogP contribution in [0.25, 0.3) is 6.08 Å². The fourth-order valence-electron chi connectivity index (χ4n) is 2.64. The predicted octanol–water partition coefficient (Wildman–Crippen LogP) is 4.32. The van der Waals surface area contributed by atoms with Gasteiger partial charge in [-0.15, -0.1) is 0 Å². The van der Waals surface area contributed by atoms with Crippen LogP contribution in [0.15, 0.2) is 58.4 Å². The van der Waals surface area contributed by atoms with Crippen molar-refractivity contribution < 1.29 is 14.7 Å². The molecule has 0 bridgehead atoms. The Morgan fingerprint density at radius 2 is 2.00 bits per heavy atom. The molecule has 0 spiro atoms. The predicted molar refractivity (Wildman–Crippen MR) is 105 cm³/mol. The molecule has 1 N–H and O–H groups in total. The molecule has 1 saturated heterocycles. The lowest BCUT2D eigenvalue weighted by molar-refractivity contribution is -0.122. The zero-order chi connectivity index (χ0) is 18.7. The highest BCUT2D eigenvalue weighted by molar-refractivity contribution is 8.18. The minimum absolute atomic E-state index is 0.111. The lowest BCUT2D eigenvalue weighted by atomic mass is 10.1. The zero-order valence-electron chi connectivity index (χ0n) is 14.5. The van der Waals surface area contributed by atoms with E-state index in [2.05, 4.69) is 4.99 Å². The summed E-state index contributed by atoms with van der Waals surface area (Å²) in [7, 11) is 0. The number of para-hydroxylation sites is 1. The van der Waals surface area contributed by atoms with Gasteiger partial charge in [-0.2, -0.15) is 0 Å². The highest BCUT2D eigenvalue weighted by Gasteiger charge is 2.32. The van der Waals surface area contributed by atoms with E-state index in [0.29, 0.717) is 22.3 Å². The number of carbonyl (C=O) groups excluding carboxylic acids is 1. The second-order valence-electron chi connectivity index (χ2n) is 5.79. The molecule has 3 rings (SSSR count). The van der Waals surface area contributed by atoms with Crippen molar-refractivity contribution in [2.75, 3.05) is 6.54 Å². The smallest absolute Gasteiger partial charge is 0.337 e. The molecule has 2 aromatic rings. The second kappa shape index (κ2) is 7.58. The van der Waals surface area contributed by atoms with Crippen molar-refractivity contribution in [2.45, 2.75) is 13.8 Å². The lowest BCUT2D eigenvalue weighted by Gasteiger charge is -2.12. The standard InChI is InChI=1S/C20H18N2O3S/c1-3-22-18(23)17(12-14-8-6-7-13(2)11-14)26-20(22)21-16-10-5-4-9-15(16)19(24)25/h4-12H,3H2,1-2H3,(H,24,25)/b17-12-,21-20?. The Hall–Kier alpha value is -2.86. The Kier molecular flexibility index (Phi) is 5.23. The van der Waals surface area contributed by atoms with Crippen LogP contribution >= 0.6 is 11.8 Å². The van der Waals surface area contributed by atoms with Crippen molar-refractivity contribution in [1.29, 1.82) is 0 Å². The third-order valence-corrected chi connectivity index (χ3v) is 4.90. The molecule has 132 valence electrons. The normalized spacial score (nSPS) is 17.3. The Morgan fingerprint density at radius 1 is 1.23 bits per heavy atom. The first kappa shape index (κ1) is 17.9. The summed E-state index contributed by atoms with van der Waals surface area (Å²) in [5.41, 5.74) is 2.52. The summed E-state index contributed by atoms with van der Waals surface area (Å²) in [5.74, 6) is -1.16. The van der Waals surface area contributed by atoms with Crippen LogP contribution in [0.1, 0.15) is 28.4 Å². The van der Waals surface area contributed by atoms with Gasteiger partial charge in [0.25, 0.3) is 5.91 Å². The third kappa shape index (κ3) is 3.70. The van der Waals surface area contributed by atoms with Crippen LogP contribution in [0.4, 0.5) is 5.69 Å². The zero-order valence-corrected chi connectivity index (χ0v) is 15.3. The summed E-state index contributed by atoms with van der Waals surface area (Å²) in [4.78, 5) is 30.7. The van der Waals surface area contributed by atoms with Gasteiger partial charge in [-0.05, 0) is 49.4 Å². The van der Waals surface area contributed by atoms with Gasteiger partial charge in [0.05, 0.1) is 16.2 Å². The Labute approximate surface area is 156 Å². The van der Waals surface area contributed by atoms with Gasteiger partial charge in [-0.3, -0.25) is 9.69 Å². The Bertz CT molecular complexity index is 934. The largest absolute Gasteiger partial charge is 0.478 e. The number of amidine groups is 1. The number of thioether (sulfide) groups is 1. The van der Waals surface area contributed by atoms with Gasteiger partial charge in [0, 0.05) is 6.54 Å². The van der Waals surface area contributed by atoms with Gasteiger partial charge >= 0.3 is 5.97 Å². The number of likely N-dealkylation sites (N-methyl/N-ethyl adjacent to an activating group) is 1. The van der Waals surface area contributed by atoms with Gasteiger partial charge in [-0.1, -0.05) is 42.0 Å². The van der Waals surface area contributed by atoms with Crippen LogP contribution in [0, 0.1) is 6.92 Å². The molecule has 0 aromatic heterocycles. The van der Waals surface area contributed by atoms with Crippen LogP contribution in [0.5, 0.6) is 0 Å². The summed E-state index contributed by atoms with van der Waals surface area (Å²) in [6.07, 6.45) is 1.84. The van der Waals surface area contributed by atoms with E-state index in [1.54, 1.807) is 23.1 Å². The number of hydrogen-bond donors (Lipinski definition) is 1. The van der Waals surface area contributed by atoms with Gasteiger partial charge in [0.1, 0.15) is 0 Å². The Morgan fingerprint density at radius 3 is 2.69 bits per heavy atom. The molecule has 1 fully saturated rings. The summed E-state index contributed by atoms with van der Waals surface area (Å²) in [5, 5.41) is 9.81. The van der Waals surface area contributed by atoms with Crippen molar-refractivity contribution in [3.63, 3.8) is 0 Å². The van der Waals surface area contributed by atoms with Gasteiger partial charge in [0.2, 0.25) is 0 Å². The molecule has 0 saturated carbocycles. The third-order valence-electron chi connectivity index (χ3n) is 3.89. The molecule has 6 heteroatoms. The molecule has 1 aliphatic heterocycles. The number of amides is 1. The number of carboxylic acids is 1. The molecule has 1 aliphatic rings.